The van der Waals surface area contributed by atoms with Crippen LogP contribution in [-0.2, 0) is 4.74 Å². The molecule has 1 atom stereocenters. The average molecular weight is 144 g/mol. The van der Waals surface area contributed by atoms with E-state index in [9.17, 15) is 0 Å². The highest BCUT2D eigenvalue weighted by molar-refractivity contribution is 4.90. The van der Waals surface area contributed by atoms with Crippen LogP contribution >= 0.6 is 0 Å². The Morgan fingerprint density at radius 3 is 2.30 bits per heavy atom. The topological polar surface area (TPSA) is 29.5 Å². The van der Waals surface area contributed by atoms with Crippen LogP contribution in [0.4, 0.5) is 0 Å². The van der Waals surface area contributed by atoms with Gasteiger partial charge in [0.25, 0.3) is 0 Å². The third kappa shape index (κ3) is 1.50. The summed E-state index contributed by atoms with van der Waals surface area (Å²) in [5.74, 6) is 0. The Hall–Kier alpha value is -0.0800. The number of hydrogen-bond acceptors (Lipinski definition) is 2. The summed E-state index contributed by atoms with van der Waals surface area (Å²) in [7, 11) is 1.74. The van der Waals surface area contributed by atoms with E-state index in [0.717, 1.165) is 19.3 Å². The van der Waals surface area contributed by atoms with E-state index in [4.69, 9.17) is 9.84 Å². The van der Waals surface area contributed by atoms with E-state index in [0.29, 0.717) is 0 Å². The van der Waals surface area contributed by atoms with E-state index in [1.54, 1.807) is 7.11 Å². The molecule has 2 nitrogen and oxygen atoms in total. The standard InChI is InChI=1S/C8H16O2/c1-7(9)6-8(10-2)4-3-5-8/h7,9H,3-6H2,1-2H3. The van der Waals surface area contributed by atoms with E-state index >= 15 is 0 Å². The van der Waals surface area contributed by atoms with Crippen LogP contribution in [0.2, 0.25) is 0 Å². The van der Waals surface area contributed by atoms with Gasteiger partial charge in [-0.1, -0.05) is 0 Å². The lowest BCUT2D eigenvalue weighted by Gasteiger charge is -2.41. The largest absolute Gasteiger partial charge is 0.393 e. The summed E-state index contributed by atoms with van der Waals surface area (Å²) < 4.78 is 5.32. The normalized spacial score (nSPS) is 25.5. The predicted molar refractivity (Wildman–Crippen MR) is 39.9 cm³/mol. The van der Waals surface area contributed by atoms with Gasteiger partial charge in [0.1, 0.15) is 0 Å². The van der Waals surface area contributed by atoms with Gasteiger partial charge in [-0.2, -0.15) is 0 Å². The molecule has 1 N–H and O–H groups in total. The van der Waals surface area contributed by atoms with Crippen molar-refractivity contribution in [3.63, 3.8) is 0 Å². The van der Waals surface area contributed by atoms with Gasteiger partial charge in [-0.3, -0.25) is 0 Å². The Balaban J connectivity index is 2.33. The minimum absolute atomic E-state index is 0.0359. The van der Waals surface area contributed by atoms with Crippen LogP contribution < -0.4 is 0 Å². The molecular formula is C8H16O2. The van der Waals surface area contributed by atoms with Crippen LogP contribution in [0.1, 0.15) is 32.6 Å². The molecule has 0 spiro atoms. The number of methoxy groups -OCH3 is 1. The highest BCUT2D eigenvalue weighted by Gasteiger charge is 2.37. The van der Waals surface area contributed by atoms with E-state index in [1.165, 1.54) is 6.42 Å². The molecule has 1 fully saturated rings. The van der Waals surface area contributed by atoms with E-state index in [-0.39, 0.29) is 11.7 Å². The van der Waals surface area contributed by atoms with Crippen molar-refractivity contribution in [2.24, 2.45) is 0 Å². The summed E-state index contributed by atoms with van der Waals surface area (Å²) in [6.45, 7) is 1.82. The van der Waals surface area contributed by atoms with Crippen molar-refractivity contribution in [1.29, 1.82) is 0 Å². The molecule has 0 aromatic carbocycles. The molecule has 0 heterocycles. The summed E-state index contributed by atoms with van der Waals surface area (Å²) in [5, 5.41) is 9.10. The second-order valence-corrected chi connectivity index (χ2v) is 3.29. The second-order valence-electron chi connectivity index (χ2n) is 3.29. The van der Waals surface area contributed by atoms with Crippen LogP contribution in [0.25, 0.3) is 0 Å². The Labute approximate surface area is 62.2 Å². The summed E-state index contributed by atoms with van der Waals surface area (Å²) in [6, 6.07) is 0. The van der Waals surface area contributed by atoms with Gasteiger partial charge in [0.15, 0.2) is 0 Å². The average Bonchev–Trinajstić information content (AvgIpc) is 1.78. The monoisotopic (exact) mass is 144 g/mol. The van der Waals surface area contributed by atoms with Gasteiger partial charge in [0.2, 0.25) is 0 Å². The number of hydrogen-bond donors (Lipinski definition) is 1. The smallest absolute Gasteiger partial charge is 0.0703 e. The zero-order valence-electron chi connectivity index (χ0n) is 6.76. The van der Waals surface area contributed by atoms with Gasteiger partial charge < -0.3 is 9.84 Å². The lowest BCUT2D eigenvalue weighted by atomic mass is 9.76. The van der Waals surface area contributed by atoms with Crippen molar-refractivity contribution in [1.82, 2.24) is 0 Å². The van der Waals surface area contributed by atoms with E-state index in [1.807, 2.05) is 6.92 Å². The van der Waals surface area contributed by atoms with Crippen LogP contribution in [0.15, 0.2) is 0 Å². The van der Waals surface area contributed by atoms with Crippen LogP contribution in [0.5, 0.6) is 0 Å². The van der Waals surface area contributed by atoms with Gasteiger partial charge in [0, 0.05) is 13.5 Å². The van der Waals surface area contributed by atoms with Crippen molar-refractivity contribution >= 4 is 0 Å². The molecule has 2 heteroatoms. The van der Waals surface area contributed by atoms with Crippen molar-refractivity contribution in [2.45, 2.75) is 44.3 Å². The number of rotatable bonds is 3. The molecule has 10 heavy (non-hydrogen) atoms. The maximum Gasteiger partial charge on any atom is 0.0703 e. The van der Waals surface area contributed by atoms with Gasteiger partial charge in [-0.15, -0.1) is 0 Å². The first-order valence-electron chi connectivity index (χ1n) is 3.92. The zero-order chi connectivity index (χ0) is 7.61. The molecule has 1 saturated carbocycles. The van der Waals surface area contributed by atoms with E-state index < -0.39 is 0 Å². The predicted octanol–water partition coefficient (Wildman–Crippen LogP) is 1.33. The molecule has 0 saturated heterocycles. The second kappa shape index (κ2) is 2.89. The van der Waals surface area contributed by atoms with Crippen molar-refractivity contribution in [3.05, 3.63) is 0 Å². The molecule has 0 aromatic rings. The maximum atomic E-state index is 9.10. The highest BCUT2D eigenvalue weighted by atomic mass is 16.5. The summed E-state index contributed by atoms with van der Waals surface area (Å²) in [4.78, 5) is 0. The lowest BCUT2D eigenvalue weighted by Crippen LogP contribution is -2.41. The van der Waals surface area contributed by atoms with Crippen LogP contribution in [0, 0.1) is 0 Å². The first-order valence-corrected chi connectivity index (χ1v) is 3.92. The molecule has 0 aromatic heterocycles. The number of ether oxygens (including phenoxy) is 1. The minimum atomic E-state index is -0.222. The fourth-order valence-electron chi connectivity index (χ4n) is 1.60. The lowest BCUT2D eigenvalue weighted by molar-refractivity contribution is -0.0966. The molecule has 0 aliphatic heterocycles. The summed E-state index contributed by atoms with van der Waals surface area (Å²) >= 11 is 0. The fraction of sp³-hybridized carbons (Fsp3) is 1.00. The molecule has 60 valence electrons. The highest BCUT2D eigenvalue weighted by Crippen LogP contribution is 2.38. The fourth-order valence-corrected chi connectivity index (χ4v) is 1.60. The first kappa shape index (κ1) is 8.02. The zero-order valence-corrected chi connectivity index (χ0v) is 6.76. The molecule has 0 radical (unpaired) electrons. The van der Waals surface area contributed by atoms with E-state index in [2.05, 4.69) is 0 Å². The van der Waals surface area contributed by atoms with Crippen molar-refractivity contribution < 1.29 is 9.84 Å². The molecule has 0 amide bonds. The molecule has 0 bridgehead atoms. The van der Waals surface area contributed by atoms with Gasteiger partial charge in [-0.25, -0.2) is 0 Å². The Bertz CT molecular complexity index is 100. The molecule has 1 rings (SSSR count). The Kier molecular flexibility index (Phi) is 2.32. The summed E-state index contributed by atoms with van der Waals surface area (Å²) in [5.41, 5.74) is 0.0359. The van der Waals surface area contributed by atoms with Gasteiger partial charge in [0.05, 0.1) is 11.7 Å². The van der Waals surface area contributed by atoms with Crippen molar-refractivity contribution in [3.8, 4) is 0 Å². The maximum absolute atomic E-state index is 9.10. The van der Waals surface area contributed by atoms with Crippen LogP contribution in [-0.4, -0.2) is 23.9 Å². The third-order valence-electron chi connectivity index (χ3n) is 2.37. The number of aliphatic hydroxyl groups is 1. The molecule has 1 aliphatic rings. The van der Waals surface area contributed by atoms with Gasteiger partial charge >= 0.3 is 0 Å². The van der Waals surface area contributed by atoms with Crippen molar-refractivity contribution in [2.75, 3.05) is 7.11 Å². The summed E-state index contributed by atoms with van der Waals surface area (Å²) in [6.07, 6.45) is 4.06. The quantitative estimate of drug-likeness (QED) is 0.647. The van der Waals surface area contributed by atoms with Gasteiger partial charge in [-0.05, 0) is 26.2 Å². The Morgan fingerprint density at radius 1 is 1.60 bits per heavy atom. The first-order chi connectivity index (χ1) is 4.68. The third-order valence-corrected chi connectivity index (χ3v) is 2.37. The van der Waals surface area contributed by atoms with Crippen LogP contribution in [0.3, 0.4) is 0 Å². The molecule has 1 unspecified atom stereocenters. The minimum Gasteiger partial charge on any atom is -0.393 e. The number of aliphatic hydroxyl groups excluding tert-OH is 1. The SMILES string of the molecule is COC1(CC(C)O)CCC1. The molecule has 1 aliphatic carbocycles. The Morgan fingerprint density at radius 2 is 2.20 bits per heavy atom. The molecular weight excluding hydrogens is 128 g/mol.